The fourth-order valence-electron chi connectivity index (χ4n) is 3.07. The number of amides is 1. The normalized spacial score (nSPS) is 13.6. The number of nitrogens with one attached hydrogen (secondary N) is 1. The summed E-state index contributed by atoms with van der Waals surface area (Å²) in [5, 5.41) is 2.90. The number of nitrogens with zero attached hydrogens (tertiary/aromatic N) is 1. The van der Waals surface area contributed by atoms with Crippen LogP contribution in [0.4, 0.5) is 5.69 Å². The van der Waals surface area contributed by atoms with Crippen molar-refractivity contribution in [3.63, 3.8) is 0 Å². The van der Waals surface area contributed by atoms with Crippen molar-refractivity contribution in [2.24, 2.45) is 0 Å². The molecule has 0 radical (unpaired) electrons. The Morgan fingerprint density at radius 2 is 1.86 bits per heavy atom. The molecule has 1 aliphatic heterocycles. The van der Waals surface area contributed by atoms with Crippen molar-refractivity contribution in [2.45, 2.75) is 19.4 Å². The highest BCUT2D eigenvalue weighted by Gasteiger charge is 2.25. The number of methoxy groups -OCH3 is 1. The van der Waals surface area contributed by atoms with Gasteiger partial charge in [-0.1, -0.05) is 19.1 Å². The summed E-state index contributed by atoms with van der Waals surface area (Å²) in [6.45, 7) is 1.69. The lowest BCUT2D eigenvalue weighted by Gasteiger charge is -2.24. The van der Waals surface area contributed by atoms with Crippen LogP contribution < -0.4 is 23.8 Å². The highest BCUT2D eigenvalue weighted by atomic mass is 32.2. The Morgan fingerprint density at radius 3 is 2.48 bits per heavy atom. The minimum atomic E-state index is -3.69. The van der Waals surface area contributed by atoms with E-state index < -0.39 is 15.9 Å². The molecule has 0 spiro atoms. The van der Waals surface area contributed by atoms with E-state index in [0.29, 0.717) is 23.6 Å². The van der Waals surface area contributed by atoms with Gasteiger partial charge in [-0.3, -0.25) is 9.10 Å². The van der Waals surface area contributed by atoms with Crippen LogP contribution in [0.5, 0.6) is 17.2 Å². The number of rotatable bonds is 8. The van der Waals surface area contributed by atoms with Gasteiger partial charge >= 0.3 is 0 Å². The van der Waals surface area contributed by atoms with Crippen LogP contribution in [0.15, 0.2) is 42.5 Å². The molecule has 0 saturated heterocycles. The Kier molecular flexibility index (Phi) is 6.17. The van der Waals surface area contributed by atoms with Gasteiger partial charge in [-0.15, -0.1) is 0 Å². The summed E-state index contributed by atoms with van der Waals surface area (Å²) < 4.78 is 41.4. The summed E-state index contributed by atoms with van der Waals surface area (Å²) in [4.78, 5) is 12.7. The SMILES string of the molecule is CC[C@H](NC(=O)CN(c1ccc2c(c1)OCO2)S(C)(=O)=O)c1ccc(OC)cc1. The molecule has 0 unspecified atom stereocenters. The molecule has 0 aliphatic carbocycles. The maximum absolute atomic E-state index is 12.7. The molecule has 156 valence electrons. The van der Waals surface area contributed by atoms with Gasteiger partial charge in [-0.2, -0.15) is 0 Å². The van der Waals surface area contributed by atoms with Gasteiger partial charge in [-0.05, 0) is 36.2 Å². The fraction of sp³-hybridized carbons (Fsp3) is 0.350. The van der Waals surface area contributed by atoms with Crippen molar-refractivity contribution >= 4 is 21.6 Å². The van der Waals surface area contributed by atoms with Gasteiger partial charge in [-0.25, -0.2) is 8.42 Å². The van der Waals surface area contributed by atoms with Crippen molar-refractivity contribution in [3.8, 4) is 17.2 Å². The topological polar surface area (TPSA) is 94.2 Å². The van der Waals surface area contributed by atoms with Crippen LogP contribution in [0, 0.1) is 0 Å². The average Bonchev–Trinajstić information content (AvgIpc) is 3.17. The minimum Gasteiger partial charge on any atom is -0.497 e. The summed E-state index contributed by atoms with van der Waals surface area (Å²) >= 11 is 0. The number of carbonyl (C=O) groups excluding carboxylic acids is 1. The smallest absolute Gasteiger partial charge is 0.241 e. The molecule has 9 heteroatoms. The quantitative estimate of drug-likeness (QED) is 0.705. The number of hydrogen-bond donors (Lipinski definition) is 1. The van der Waals surface area contributed by atoms with Crippen LogP contribution in [0.25, 0.3) is 0 Å². The lowest BCUT2D eigenvalue weighted by atomic mass is 10.0. The molecule has 2 aromatic carbocycles. The minimum absolute atomic E-state index is 0.0815. The van der Waals surface area contributed by atoms with E-state index in [1.54, 1.807) is 25.3 Å². The highest BCUT2D eigenvalue weighted by molar-refractivity contribution is 7.92. The number of hydrogen-bond acceptors (Lipinski definition) is 6. The first kappa shape index (κ1) is 20.8. The number of benzene rings is 2. The second kappa shape index (κ2) is 8.60. The third-order valence-corrected chi connectivity index (χ3v) is 5.73. The average molecular weight is 420 g/mol. The standard InChI is InChI=1S/C20H24N2O6S/c1-4-17(14-5-8-16(26-2)9-6-14)21-20(23)12-22(29(3,24)25)15-7-10-18-19(11-15)28-13-27-18/h5-11,17H,4,12-13H2,1-3H3,(H,21,23)/t17-/m0/s1. The summed E-state index contributed by atoms with van der Waals surface area (Å²) in [6.07, 6.45) is 1.71. The zero-order chi connectivity index (χ0) is 21.0. The molecule has 0 aromatic heterocycles. The predicted octanol–water partition coefficient (Wildman–Crippen LogP) is 2.46. The molecule has 2 aromatic rings. The number of ether oxygens (including phenoxy) is 3. The van der Waals surface area contributed by atoms with Crippen LogP contribution in [0.2, 0.25) is 0 Å². The predicted molar refractivity (Wildman–Crippen MR) is 109 cm³/mol. The van der Waals surface area contributed by atoms with Crippen molar-refractivity contribution < 1.29 is 27.4 Å². The van der Waals surface area contributed by atoms with Gasteiger partial charge in [0, 0.05) is 6.07 Å². The van der Waals surface area contributed by atoms with E-state index in [4.69, 9.17) is 14.2 Å². The fourth-order valence-corrected chi connectivity index (χ4v) is 3.92. The highest BCUT2D eigenvalue weighted by Crippen LogP contribution is 2.36. The molecule has 29 heavy (non-hydrogen) atoms. The first-order chi connectivity index (χ1) is 13.8. The van der Waals surface area contributed by atoms with Crippen molar-refractivity contribution in [1.82, 2.24) is 5.32 Å². The molecule has 8 nitrogen and oxygen atoms in total. The zero-order valence-electron chi connectivity index (χ0n) is 16.5. The molecule has 0 saturated carbocycles. The molecule has 0 bridgehead atoms. The number of sulfonamides is 1. The van der Waals surface area contributed by atoms with Gasteiger partial charge in [0.1, 0.15) is 12.3 Å². The van der Waals surface area contributed by atoms with E-state index in [1.165, 1.54) is 0 Å². The molecule has 1 amide bonds. The molecule has 0 fully saturated rings. The molecule has 1 N–H and O–H groups in total. The molecule has 3 rings (SSSR count). The second-order valence-electron chi connectivity index (χ2n) is 6.61. The number of anilines is 1. The van der Waals surface area contributed by atoms with E-state index in [9.17, 15) is 13.2 Å². The largest absolute Gasteiger partial charge is 0.497 e. The van der Waals surface area contributed by atoms with E-state index in [1.807, 2.05) is 31.2 Å². The van der Waals surface area contributed by atoms with Crippen LogP contribution in [-0.2, 0) is 14.8 Å². The third kappa shape index (κ3) is 4.92. The van der Waals surface area contributed by atoms with Crippen LogP contribution in [0.3, 0.4) is 0 Å². The Labute approximate surface area is 170 Å². The van der Waals surface area contributed by atoms with Crippen LogP contribution in [0.1, 0.15) is 24.9 Å². The molecular formula is C20H24N2O6S. The van der Waals surface area contributed by atoms with E-state index in [2.05, 4.69) is 5.32 Å². The van der Waals surface area contributed by atoms with E-state index >= 15 is 0 Å². The van der Waals surface area contributed by atoms with Gasteiger partial charge in [0.15, 0.2) is 11.5 Å². The second-order valence-corrected chi connectivity index (χ2v) is 8.52. The Morgan fingerprint density at radius 1 is 1.17 bits per heavy atom. The third-order valence-electron chi connectivity index (χ3n) is 4.59. The van der Waals surface area contributed by atoms with Crippen LogP contribution in [-0.4, -0.2) is 41.0 Å². The maximum atomic E-state index is 12.7. The van der Waals surface area contributed by atoms with Crippen LogP contribution >= 0.6 is 0 Å². The Balaban J connectivity index is 1.76. The Bertz CT molecular complexity index is 975. The maximum Gasteiger partial charge on any atom is 0.241 e. The van der Waals surface area contributed by atoms with Gasteiger partial charge in [0.05, 0.1) is 25.1 Å². The van der Waals surface area contributed by atoms with E-state index in [0.717, 1.165) is 21.9 Å². The monoisotopic (exact) mass is 420 g/mol. The molecular weight excluding hydrogens is 396 g/mol. The first-order valence-electron chi connectivity index (χ1n) is 9.12. The van der Waals surface area contributed by atoms with Gasteiger partial charge in [0.2, 0.25) is 22.7 Å². The van der Waals surface area contributed by atoms with Crippen molar-refractivity contribution in [3.05, 3.63) is 48.0 Å². The summed E-state index contributed by atoms with van der Waals surface area (Å²) in [7, 11) is -2.10. The Hall–Kier alpha value is -2.94. The lowest BCUT2D eigenvalue weighted by molar-refractivity contribution is -0.120. The summed E-state index contributed by atoms with van der Waals surface area (Å²) in [5.41, 5.74) is 1.25. The summed E-state index contributed by atoms with van der Waals surface area (Å²) in [5.74, 6) is 1.30. The van der Waals surface area contributed by atoms with Gasteiger partial charge < -0.3 is 19.5 Å². The van der Waals surface area contributed by atoms with Gasteiger partial charge in [0.25, 0.3) is 0 Å². The van der Waals surface area contributed by atoms with Crippen molar-refractivity contribution in [2.75, 3.05) is 31.0 Å². The molecule has 1 heterocycles. The van der Waals surface area contributed by atoms with E-state index in [-0.39, 0.29) is 19.4 Å². The first-order valence-corrected chi connectivity index (χ1v) is 11.0. The molecule has 1 aliphatic rings. The number of carbonyl (C=O) groups is 1. The van der Waals surface area contributed by atoms with Crippen molar-refractivity contribution in [1.29, 1.82) is 0 Å². The number of fused-ring (bicyclic) bond motifs is 1. The lowest BCUT2D eigenvalue weighted by Crippen LogP contribution is -2.41. The summed E-state index contributed by atoms with van der Waals surface area (Å²) in [6, 6.07) is 11.9. The molecule has 1 atom stereocenters. The zero-order valence-corrected chi connectivity index (χ0v) is 17.4.